The second kappa shape index (κ2) is 9.16. The molecule has 1 aliphatic rings. The number of hydrogen-bond acceptors (Lipinski definition) is 5. The first kappa shape index (κ1) is 21.5. The number of nitrogens with one attached hydrogen (secondary N) is 1. The molecular weight excluding hydrogens is 428 g/mol. The van der Waals surface area contributed by atoms with E-state index in [2.05, 4.69) is 5.32 Å². The number of ether oxygens (including phenoxy) is 2. The van der Waals surface area contributed by atoms with Crippen LogP contribution in [0.15, 0.2) is 78.5 Å². The third-order valence-corrected chi connectivity index (χ3v) is 5.39. The third kappa shape index (κ3) is 4.18. The number of amides is 2. The van der Waals surface area contributed by atoms with Gasteiger partial charge in [0.1, 0.15) is 17.2 Å². The lowest BCUT2D eigenvalue weighted by Crippen LogP contribution is -2.32. The van der Waals surface area contributed by atoms with Gasteiger partial charge in [-0.05, 0) is 35.9 Å². The van der Waals surface area contributed by atoms with Crippen molar-refractivity contribution in [3.8, 4) is 11.5 Å². The van der Waals surface area contributed by atoms with Gasteiger partial charge in [0.25, 0.3) is 11.8 Å². The lowest BCUT2D eigenvalue weighted by Gasteiger charge is -2.16. The highest BCUT2D eigenvalue weighted by molar-refractivity contribution is 6.37. The zero-order valence-electron chi connectivity index (χ0n) is 17.6. The smallest absolute Gasteiger partial charge is 0.278 e. The first-order chi connectivity index (χ1) is 15.5. The molecule has 1 aliphatic heterocycles. The van der Waals surface area contributed by atoms with E-state index < -0.39 is 11.8 Å². The van der Waals surface area contributed by atoms with Crippen molar-refractivity contribution in [2.24, 2.45) is 0 Å². The lowest BCUT2D eigenvalue weighted by atomic mass is 10.0. The van der Waals surface area contributed by atoms with Crippen LogP contribution in [0.4, 0.5) is 5.69 Å². The Hall–Kier alpha value is -3.77. The molecule has 0 saturated carbocycles. The standard InChI is InChI=1S/C25H21ClN2O4/c1-31-19-7-5-6-18(14-19)27-23-22(20-8-3-4-9-21(20)32-2)24(29)28(25(23)30)15-16-10-12-17(26)13-11-16/h3-14,27H,15H2,1-2H3. The molecular formula is C25H21ClN2O4. The quantitative estimate of drug-likeness (QED) is 0.528. The van der Waals surface area contributed by atoms with Crippen molar-refractivity contribution in [1.29, 1.82) is 0 Å². The van der Waals surface area contributed by atoms with Crippen LogP contribution in [0.3, 0.4) is 0 Å². The molecule has 7 heteroatoms. The Bertz CT molecular complexity index is 1200. The highest BCUT2D eigenvalue weighted by atomic mass is 35.5. The third-order valence-electron chi connectivity index (χ3n) is 5.14. The maximum Gasteiger partial charge on any atom is 0.278 e. The van der Waals surface area contributed by atoms with Gasteiger partial charge < -0.3 is 14.8 Å². The molecule has 32 heavy (non-hydrogen) atoms. The van der Waals surface area contributed by atoms with Crippen LogP contribution in [0.1, 0.15) is 11.1 Å². The van der Waals surface area contributed by atoms with Gasteiger partial charge in [0.15, 0.2) is 0 Å². The normalized spacial score (nSPS) is 13.5. The van der Waals surface area contributed by atoms with E-state index >= 15 is 0 Å². The fourth-order valence-corrected chi connectivity index (χ4v) is 3.68. The van der Waals surface area contributed by atoms with Crippen LogP contribution in [0, 0.1) is 0 Å². The number of para-hydroxylation sites is 1. The van der Waals surface area contributed by atoms with E-state index in [1.807, 2.05) is 6.07 Å². The van der Waals surface area contributed by atoms with Gasteiger partial charge in [0.2, 0.25) is 0 Å². The Balaban J connectivity index is 1.77. The fraction of sp³-hybridized carbons (Fsp3) is 0.120. The predicted molar refractivity (Wildman–Crippen MR) is 124 cm³/mol. The summed E-state index contributed by atoms with van der Waals surface area (Å²) in [6.45, 7) is 0.122. The van der Waals surface area contributed by atoms with Gasteiger partial charge in [-0.2, -0.15) is 0 Å². The van der Waals surface area contributed by atoms with E-state index in [0.29, 0.717) is 27.8 Å². The molecule has 2 amide bonds. The number of nitrogens with zero attached hydrogens (tertiary/aromatic N) is 1. The van der Waals surface area contributed by atoms with Crippen LogP contribution in [0.2, 0.25) is 5.02 Å². The molecule has 4 rings (SSSR count). The summed E-state index contributed by atoms with van der Waals surface area (Å²) in [5.74, 6) is 0.305. The second-order valence-electron chi connectivity index (χ2n) is 7.13. The summed E-state index contributed by atoms with van der Waals surface area (Å²) in [7, 11) is 3.10. The van der Waals surface area contributed by atoms with Crippen LogP contribution in [0.5, 0.6) is 11.5 Å². The lowest BCUT2D eigenvalue weighted by molar-refractivity contribution is -0.137. The van der Waals surface area contributed by atoms with E-state index in [0.717, 1.165) is 5.56 Å². The highest BCUT2D eigenvalue weighted by Gasteiger charge is 2.40. The fourth-order valence-electron chi connectivity index (χ4n) is 3.55. The Kier molecular flexibility index (Phi) is 6.14. The summed E-state index contributed by atoms with van der Waals surface area (Å²) in [6, 6.07) is 21.3. The number of anilines is 1. The number of hydrogen-bond donors (Lipinski definition) is 1. The molecule has 3 aromatic carbocycles. The molecule has 6 nitrogen and oxygen atoms in total. The van der Waals surface area contributed by atoms with Gasteiger partial charge in [-0.15, -0.1) is 0 Å². The van der Waals surface area contributed by atoms with E-state index in [1.54, 1.807) is 73.8 Å². The van der Waals surface area contributed by atoms with Gasteiger partial charge in [-0.25, -0.2) is 0 Å². The molecule has 0 saturated heterocycles. The number of carbonyl (C=O) groups is 2. The Morgan fingerprint density at radius 3 is 2.34 bits per heavy atom. The highest BCUT2D eigenvalue weighted by Crippen LogP contribution is 2.36. The summed E-state index contributed by atoms with van der Waals surface area (Å²) in [4.78, 5) is 28.1. The van der Waals surface area contributed by atoms with Crippen molar-refractivity contribution in [2.45, 2.75) is 6.54 Å². The summed E-state index contributed by atoms with van der Waals surface area (Å²) in [6.07, 6.45) is 0. The topological polar surface area (TPSA) is 67.9 Å². The first-order valence-corrected chi connectivity index (χ1v) is 10.3. The van der Waals surface area contributed by atoms with Crippen molar-refractivity contribution in [3.63, 3.8) is 0 Å². The predicted octanol–water partition coefficient (Wildman–Crippen LogP) is 4.75. The SMILES string of the molecule is COc1cccc(NC2=C(c3ccccc3OC)C(=O)N(Cc3ccc(Cl)cc3)C2=O)c1. The maximum absolute atomic E-state index is 13.5. The van der Waals surface area contributed by atoms with Gasteiger partial charge in [0, 0.05) is 22.3 Å². The Morgan fingerprint density at radius 2 is 1.62 bits per heavy atom. The number of carbonyl (C=O) groups excluding carboxylic acids is 2. The van der Waals surface area contributed by atoms with E-state index in [4.69, 9.17) is 21.1 Å². The number of methoxy groups -OCH3 is 2. The molecule has 3 aromatic rings. The molecule has 1 N–H and O–H groups in total. The van der Waals surface area contributed by atoms with Gasteiger partial charge in [-0.1, -0.05) is 48.0 Å². The Labute approximate surface area is 191 Å². The zero-order valence-corrected chi connectivity index (χ0v) is 18.3. The number of rotatable bonds is 7. The van der Waals surface area contributed by atoms with Crippen molar-refractivity contribution < 1.29 is 19.1 Å². The molecule has 0 fully saturated rings. The molecule has 0 unspecified atom stereocenters. The van der Waals surface area contributed by atoms with Crippen molar-refractivity contribution in [2.75, 3.05) is 19.5 Å². The summed E-state index contributed by atoms with van der Waals surface area (Å²) in [5.41, 5.74) is 2.39. The summed E-state index contributed by atoms with van der Waals surface area (Å²) >= 11 is 5.97. The molecule has 0 aromatic heterocycles. The van der Waals surface area contributed by atoms with Gasteiger partial charge >= 0.3 is 0 Å². The number of imide groups is 1. The van der Waals surface area contributed by atoms with Crippen LogP contribution < -0.4 is 14.8 Å². The molecule has 0 atom stereocenters. The zero-order chi connectivity index (χ0) is 22.7. The van der Waals surface area contributed by atoms with Crippen LogP contribution >= 0.6 is 11.6 Å². The van der Waals surface area contributed by atoms with Gasteiger partial charge in [-0.3, -0.25) is 14.5 Å². The molecule has 162 valence electrons. The Morgan fingerprint density at radius 1 is 0.875 bits per heavy atom. The number of benzene rings is 3. The van der Waals surface area contributed by atoms with Crippen LogP contribution in [0.25, 0.3) is 5.57 Å². The van der Waals surface area contributed by atoms with Crippen LogP contribution in [-0.2, 0) is 16.1 Å². The van der Waals surface area contributed by atoms with Crippen molar-refractivity contribution >= 4 is 34.7 Å². The first-order valence-electron chi connectivity index (χ1n) is 9.91. The van der Waals surface area contributed by atoms with Crippen molar-refractivity contribution in [1.82, 2.24) is 4.90 Å². The van der Waals surface area contributed by atoms with Crippen LogP contribution in [-0.4, -0.2) is 30.9 Å². The maximum atomic E-state index is 13.5. The summed E-state index contributed by atoms with van der Waals surface area (Å²) in [5, 5.41) is 3.72. The summed E-state index contributed by atoms with van der Waals surface area (Å²) < 4.78 is 10.7. The van der Waals surface area contributed by atoms with E-state index in [1.165, 1.54) is 12.0 Å². The minimum Gasteiger partial charge on any atom is -0.497 e. The minimum atomic E-state index is -0.423. The largest absolute Gasteiger partial charge is 0.497 e. The average molecular weight is 449 g/mol. The molecule has 0 radical (unpaired) electrons. The van der Waals surface area contributed by atoms with E-state index in [9.17, 15) is 9.59 Å². The monoisotopic (exact) mass is 448 g/mol. The minimum absolute atomic E-state index is 0.122. The molecule has 0 bridgehead atoms. The molecule has 0 spiro atoms. The number of halogens is 1. The van der Waals surface area contributed by atoms with E-state index in [-0.39, 0.29) is 17.8 Å². The van der Waals surface area contributed by atoms with Gasteiger partial charge in [0.05, 0.1) is 26.3 Å². The average Bonchev–Trinajstić information content (AvgIpc) is 3.04. The molecule has 0 aliphatic carbocycles. The second-order valence-corrected chi connectivity index (χ2v) is 7.57. The van der Waals surface area contributed by atoms with Crippen molar-refractivity contribution in [3.05, 3.63) is 94.6 Å². The molecule has 1 heterocycles.